The van der Waals surface area contributed by atoms with E-state index in [-0.39, 0.29) is 17.4 Å². The molecule has 0 aliphatic heterocycles. The van der Waals surface area contributed by atoms with Crippen molar-refractivity contribution in [2.75, 3.05) is 13.7 Å². The second-order valence-corrected chi connectivity index (χ2v) is 11.0. The van der Waals surface area contributed by atoms with Crippen LogP contribution in [0.25, 0.3) is 39.4 Å². The molecule has 1 aliphatic carbocycles. The van der Waals surface area contributed by atoms with Crippen molar-refractivity contribution in [1.29, 1.82) is 0 Å². The predicted octanol–water partition coefficient (Wildman–Crippen LogP) is 7.94. The summed E-state index contributed by atoms with van der Waals surface area (Å²) in [6, 6.07) is 6.67. The highest BCUT2D eigenvalue weighted by Crippen LogP contribution is 2.47. The summed E-state index contributed by atoms with van der Waals surface area (Å²) in [5, 5.41) is 11.6. The molecule has 0 saturated heterocycles. The number of benzene rings is 2. The predicted molar refractivity (Wildman–Crippen MR) is 157 cm³/mol. The van der Waals surface area contributed by atoms with Crippen LogP contribution in [0.3, 0.4) is 0 Å². The van der Waals surface area contributed by atoms with Crippen molar-refractivity contribution in [2.45, 2.75) is 51.9 Å². The lowest BCUT2D eigenvalue weighted by Crippen LogP contribution is -2.03. The Morgan fingerprint density at radius 1 is 1.18 bits per heavy atom. The fourth-order valence-corrected chi connectivity index (χ4v) is 6.06. The van der Waals surface area contributed by atoms with E-state index in [1.807, 2.05) is 44.3 Å². The van der Waals surface area contributed by atoms with Crippen LogP contribution in [0.1, 0.15) is 71.8 Å². The average Bonchev–Trinajstić information content (AvgIpc) is 3.64. The van der Waals surface area contributed by atoms with Crippen molar-refractivity contribution in [1.82, 2.24) is 9.97 Å². The average molecular weight is 563 g/mol. The number of halogens is 2. The maximum atomic E-state index is 15.0. The van der Waals surface area contributed by atoms with Crippen LogP contribution in [-0.4, -0.2) is 40.5 Å². The van der Waals surface area contributed by atoms with Crippen molar-refractivity contribution in [2.24, 2.45) is 0 Å². The minimum absolute atomic E-state index is 0.0209. The summed E-state index contributed by atoms with van der Waals surface area (Å²) >= 11 is 6.75. The maximum Gasteiger partial charge on any atom is 0.352 e. The van der Waals surface area contributed by atoms with Crippen molar-refractivity contribution in [3.05, 3.63) is 75.3 Å². The van der Waals surface area contributed by atoms with Crippen molar-refractivity contribution < 1.29 is 23.8 Å². The van der Waals surface area contributed by atoms with Gasteiger partial charge in [-0.15, -0.1) is 0 Å². The Morgan fingerprint density at radius 3 is 2.70 bits per heavy atom. The zero-order chi connectivity index (χ0) is 28.6. The molecule has 6 nitrogen and oxygen atoms in total. The van der Waals surface area contributed by atoms with Gasteiger partial charge in [0.1, 0.15) is 17.3 Å². The van der Waals surface area contributed by atoms with E-state index in [0.29, 0.717) is 65.2 Å². The Balaban J connectivity index is 1.69. The monoisotopic (exact) mass is 562 g/mol. The summed E-state index contributed by atoms with van der Waals surface area (Å²) in [6.45, 7) is 4.39. The number of aromatic amines is 2. The van der Waals surface area contributed by atoms with Crippen molar-refractivity contribution >= 4 is 40.3 Å². The summed E-state index contributed by atoms with van der Waals surface area (Å²) in [5.74, 6) is -1.52. The Hall–Kier alpha value is -3.68. The number of rotatable bonds is 11. The van der Waals surface area contributed by atoms with Crippen molar-refractivity contribution in [3.63, 3.8) is 0 Å². The second kappa shape index (κ2) is 11.4. The van der Waals surface area contributed by atoms with Crippen LogP contribution in [0.2, 0.25) is 5.02 Å². The van der Waals surface area contributed by atoms with E-state index < -0.39 is 11.8 Å². The molecule has 0 fully saturated rings. The molecule has 0 radical (unpaired) electrons. The molecule has 0 spiro atoms. The highest BCUT2D eigenvalue weighted by Gasteiger charge is 2.30. The first kappa shape index (κ1) is 27.9. The van der Waals surface area contributed by atoms with E-state index in [1.165, 1.54) is 12.1 Å². The normalized spacial score (nSPS) is 12.6. The van der Waals surface area contributed by atoms with Gasteiger partial charge in [-0.25, -0.2) is 9.18 Å². The molecule has 1 aliphatic rings. The number of fused-ring (bicyclic) bond motifs is 2. The Bertz CT molecular complexity index is 1650. The van der Waals surface area contributed by atoms with Gasteiger partial charge >= 0.3 is 5.97 Å². The minimum Gasteiger partial charge on any atom is -0.477 e. The van der Waals surface area contributed by atoms with Gasteiger partial charge in [-0.2, -0.15) is 0 Å². The first-order valence-corrected chi connectivity index (χ1v) is 13.9. The van der Waals surface area contributed by atoms with Crippen LogP contribution < -0.4 is 0 Å². The number of methoxy groups -OCH3 is 1. The SMILES string of the molecule is COCCC(=O)CCCc1c[nH]c2cc(F)cc(-c3[nH]c(C(=O)O)c(-c4c(Cl)ccc5c4C=CC5)c3C(C)C)c12. The lowest BCUT2D eigenvalue weighted by molar-refractivity contribution is -0.120. The van der Waals surface area contributed by atoms with E-state index in [2.05, 4.69) is 9.97 Å². The summed E-state index contributed by atoms with van der Waals surface area (Å²) in [5.41, 5.74) is 6.66. The smallest absolute Gasteiger partial charge is 0.352 e. The van der Waals surface area contributed by atoms with Crippen LogP contribution in [-0.2, 0) is 22.4 Å². The van der Waals surface area contributed by atoms with E-state index in [4.69, 9.17) is 16.3 Å². The Labute approximate surface area is 237 Å². The number of carboxylic acid groups (broad SMARTS) is 1. The Morgan fingerprint density at radius 2 is 1.98 bits per heavy atom. The van der Waals surface area contributed by atoms with Crippen LogP contribution >= 0.6 is 11.6 Å². The lowest BCUT2D eigenvalue weighted by Gasteiger charge is -2.16. The molecule has 0 unspecified atom stereocenters. The van der Waals surface area contributed by atoms with Gasteiger partial charge < -0.3 is 19.8 Å². The number of carbonyl (C=O) groups is 2. The number of Topliss-reactive ketones (excluding diaryl/α,β-unsaturated/α-hetero) is 1. The summed E-state index contributed by atoms with van der Waals surface area (Å²) in [6.07, 6.45) is 8.66. The first-order chi connectivity index (χ1) is 19.2. The molecule has 2 aromatic heterocycles. The van der Waals surface area contributed by atoms with Gasteiger partial charge in [0, 0.05) is 58.8 Å². The number of hydrogen-bond donors (Lipinski definition) is 3. The van der Waals surface area contributed by atoms with Gasteiger partial charge in [0.2, 0.25) is 0 Å². The molecule has 40 heavy (non-hydrogen) atoms. The number of ether oxygens (including phenoxy) is 1. The number of nitrogens with one attached hydrogen (secondary N) is 2. The second-order valence-electron chi connectivity index (χ2n) is 10.6. The topological polar surface area (TPSA) is 95.2 Å². The number of aryl methyl sites for hydroxylation is 1. The fraction of sp³-hybridized carbons (Fsp3) is 0.312. The van der Waals surface area contributed by atoms with Crippen LogP contribution in [0.4, 0.5) is 4.39 Å². The number of H-pyrrole nitrogens is 2. The zero-order valence-corrected chi connectivity index (χ0v) is 23.5. The van der Waals surface area contributed by atoms with Gasteiger partial charge in [-0.1, -0.05) is 43.7 Å². The number of allylic oxidation sites excluding steroid dienone is 1. The molecular weight excluding hydrogens is 531 g/mol. The molecule has 0 bridgehead atoms. The molecule has 2 aromatic carbocycles. The molecule has 208 valence electrons. The van der Waals surface area contributed by atoms with Gasteiger partial charge in [-0.05, 0) is 65.6 Å². The Kier molecular flexibility index (Phi) is 7.97. The van der Waals surface area contributed by atoms with Gasteiger partial charge in [0.05, 0.1) is 12.3 Å². The van der Waals surface area contributed by atoms with Gasteiger partial charge in [0.25, 0.3) is 0 Å². The number of aromatic nitrogens is 2. The zero-order valence-electron chi connectivity index (χ0n) is 22.8. The van der Waals surface area contributed by atoms with E-state index in [0.717, 1.165) is 34.1 Å². The summed E-state index contributed by atoms with van der Waals surface area (Å²) in [7, 11) is 1.57. The quantitative estimate of drug-likeness (QED) is 0.173. The summed E-state index contributed by atoms with van der Waals surface area (Å²) < 4.78 is 20.0. The standard InChI is InChI=1S/C32H32ClFN2O4/c1-17(2)26-29(28-22-9-5-6-18(22)10-11-24(28)33)31(32(38)39)36-30(26)23-14-20(34)15-25-27(23)19(16-35-25)7-4-8-21(37)12-13-40-3/h5,9-11,14-17,35-36H,4,6-8,12-13H2,1-3H3,(H,38,39). The lowest BCUT2D eigenvalue weighted by atomic mass is 9.87. The third-order valence-electron chi connectivity index (χ3n) is 7.57. The third kappa shape index (κ3) is 5.11. The number of hydrogen-bond acceptors (Lipinski definition) is 3. The van der Waals surface area contributed by atoms with Gasteiger partial charge in [-0.3, -0.25) is 4.79 Å². The maximum absolute atomic E-state index is 15.0. The molecule has 0 saturated carbocycles. The summed E-state index contributed by atoms with van der Waals surface area (Å²) in [4.78, 5) is 31.2. The third-order valence-corrected chi connectivity index (χ3v) is 7.88. The molecule has 4 aromatic rings. The molecule has 0 atom stereocenters. The highest BCUT2D eigenvalue weighted by atomic mass is 35.5. The van der Waals surface area contributed by atoms with Crippen LogP contribution in [0, 0.1) is 5.82 Å². The molecule has 0 amide bonds. The molecular formula is C32H32ClFN2O4. The molecule has 8 heteroatoms. The largest absolute Gasteiger partial charge is 0.477 e. The minimum atomic E-state index is -1.12. The van der Waals surface area contributed by atoms with E-state index in [9.17, 15) is 19.1 Å². The van der Waals surface area contributed by atoms with Crippen LogP contribution in [0.5, 0.6) is 0 Å². The number of carboxylic acids is 1. The van der Waals surface area contributed by atoms with E-state index >= 15 is 0 Å². The van der Waals surface area contributed by atoms with Crippen molar-refractivity contribution in [3.8, 4) is 22.4 Å². The molecule has 2 heterocycles. The number of ketones is 1. The molecule has 5 rings (SSSR count). The number of carbonyl (C=O) groups excluding carboxylic acids is 1. The molecule has 3 N–H and O–H groups in total. The first-order valence-electron chi connectivity index (χ1n) is 13.5. The fourth-order valence-electron chi connectivity index (χ4n) is 5.80. The van der Waals surface area contributed by atoms with E-state index in [1.54, 1.807) is 7.11 Å². The van der Waals surface area contributed by atoms with Crippen LogP contribution in [0.15, 0.2) is 36.5 Å². The van der Waals surface area contributed by atoms with Gasteiger partial charge in [0.15, 0.2) is 0 Å². The highest BCUT2D eigenvalue weighted by molar-refractivity contribution is 6.34. The number of aromatic carboxylic acids is 1.